The maximum absolute atomic E-state index is 13.3. The highest BCUT2D eigenvalue weighted by molar-refractivity contribution is 5.74. The molecule has 22 heavy (non-hydrogen) atoms. The molecule has 0 aliphatic carbocycles. The van der Waals surface area contributed by atoms with E-state index in [1.807, 2.05) is 37.3 Å². The van der Waals surface area contributed by atoms with E-state index in [9.17, 15) is 9.18 Å². The Morgan fingerprint density at radius 3 is 2.55 bits per heavy atom. The van der Waals surface area contributed by atoms with E-state index in [2.05, 4.69) is 10.6 Å². The molecule has 0 bridgehead atoms. The summed E-state index contributed by atoms with van der Waals surface area (Å²) in [6, 6.07) is 15.5. The van der Waals surface area contributed by atoms with Crippen molar-refractivity contribution in [2.24, 2.45) is 0 Å². The third-order valence-corrected chi connectivity index (χ3v) is 3.13. The minimum Gasteiger partial charge on any atom is -0.489 e. The number of urea groups is 1. The van der Waals surface area contributed by atoms with Crippen molar-refractivity contribution in [3.8, 4) is 5.75 Å². The standard InChI is InChI=1S/C17H19FN2O2/c1-13(14-7-3-2-4-8-14)20-17(21)19-11-12-22-16-10-6-5-9-15(16)18/h2-10,13H,11-12H2,1H3,(H2,19,20,21). The number of amides is 2. The van der Waals surface area contributed by atoms with Gasteiger partial charge in [0.05, 0.1) is 12.6 Å². The summed E-state index contributed by atoms with van der Waals surface area (Å²) in [5.41, 5.74) is 1.03. The normalized spacial score (nSPS) is 11.5. The van der Waals surface area contributed by atoms with Gasteiger partial charge in [0.25, 0.3) is 0 Å². The molecule has 0 heterocycles. The van der Waals surface area contributed by atoms with Gasteiger partial charge in [-0.3, -0.25) is 0 Å². The summed E-state index contributed by atoms with van der Waals surface area (Å²) in [6.45, 7) is 2.40. The van der Waals surface area contributed by atoms with E-state index in [-0.39, 0.29) is 24.4 Å². The van der Waals surface area contributed by atoms with Crippen molar-refractivity contribution in [1.82, 2.24) is 10.6 Å². The summed E-state index contributed by atoms with van der Waals surface area (Å²) in [5.74, 6) is -0.230. The first kappa shape index (κ1) is 15.8. The van der Waals surface area contributed by atoms with Crippen LogP contribution in [-0.4, -0.2) is 19.2 Å². The van der Waals surface area contributed by atoms with Gasteiger partial charge in [0.15, 0.2) is 11.6 Å². The molecule has 0 aliphatic rings. The van der Waals surface area contributed by atoms with Crippen LogP contribution in [0.3, 0.4) is 0 Å². The van der Waals surface area contributed by atoms with Crippen LogP contribution in [-0.2, 0) is 0 Å². The molecule has 2 N–H and O–H groups in total. The Morgan fingerprint density at radius 1 is 1.14 bits per heavy atom. The number of halogens is 1. The van der Waals surface area contributed by atoms with Gasteiger partial charge in [0.1, 0.15) is 6.61 Å². The highest BCUT2D eigenvalue weighted by Crippen LogP contribution is 2.14. The Bertz CT molecular complexity index is 605. The van der Waals surface area contributed by atoms with E-state index in [0.29, 0.717) is 6.54 Å². The summed E-state index contributed by atoms with van der Waals surface area (Å²) in [6.07, 6.45) is 0. The molecule has 0 fully saturated rings. The third kappa shape index (κ3) is 4.77. The average Bonchev–Trinajstić information content (AvgIpc) is 2.54. The topological polar surface area (TPSA) is 50.4 Å². The summed E-state index contributed by atoms with van der Waals surface area (Å²) in [5, 5.41) is 5.50. The Kier molecular flexibility index (Phi) is 5.77. The molecule has 4 nitrogen and oxygen atoms in total. The number of hydrogen-bond acceptors (Lipinski definition) is 2. The number of carbonyl (C=O) groups excluding carboxylic acids is 1. The Balaban J connectivity index is 1.69. The highest BCUT2D eigenvalue weighted by Gasteiger charge is 2.08. The van der Waals surface area contributed by atoms with E-state index in [4.69, 9.17) is 4.74 Å². The van der Waals surface area contributed by atoms with E-state index in [0.717, 1.165) is 5.56 Å². The van der Waals surface area contributed by atoms with Crippen LogP contribution in [0.1, 0.15) is 18.5 Å². The van der Waals surface area contributed by atoms with Gasteiger partial charge in [-0.05, 0) is 24.6 Å². The molecule has 1 unspecified atom stereocenters. The van der Waals surface area contributed by atoms with Crippen LogP contribution in [0, 0.1) is 5.82 Å². The van der Waals surface area contributed by atoms with Gasteiger partial charge in [-0.1, -0.05) is 42.5 Å². The summed E-state index contributed by atoms with van der Waals surface area (Å²) in [7, 11) is 0. The van der Waals surface area contributed by atoms with Crippen LogP contribution in [0.2, 0.25) is 0 Å². The maximum atomic E-state index is 13.3. The van der Waals surface area contributed by atoms with E-state index in [1.54, 1.807) is 18.2 Å². The molecule has 2 aromatic carbocycles. The van der Waals surface area contributed by atoms with Crippen LogP contribution >= 0.6 is 0 Å². The van der Waals surface area contributed by atoms with E-state index in [1.165, 1.54) is 6.07 Å². The Labute approximate surface area is 129 Å². The minimum absolute atomic E-state index is 0.0892. The Morgan fingerprint density at radius 2 is 1.82 bits per heavy atom. The fourth-order valence-corrected chi connectivity index (χ4v) is 1.96. The second-order valence-electron chi connectivity index (χ2n) is 4.81. The van der Waals surface area contributed by atoms with Gasteiger partial charge in [-0.2, -0.15) is 0 Å². The quantitative estimate of drug-likeness (QED) is 0.805. The molecule has 0 saturated heterocycles. The van der Waals surface area contributed by atoms with Gasteiger partial charge >= 0.3 is 6.03 Å². The van der Waals surface area contributed by atoms with Crippen molar-refractivity contribution in [3.05, 3.63) is 66.0 Å². The first-order chi connectivity index (χ1) is 10.7. The molecule has 0 saturated carbocycles. The molecular weight excluding hydrogens is 283 g/mol. The van der Waals surface area contributed by atoms with Crippen molar-refractivity contribution < 1.29 is 13.9 Å². The van der Waals surface area contributed by atoms with Gasteiger partial charge < -0.3 is 15.4 Å². The maximum Gasteiger partial charge on any atom is 0.315 e. The number of nitrogens with one attached hydrogen (secondary N) is 2. The lowest BCUT2D eigenvalue weighted by molar-refractivity contribution is 0.233. The van der Waals surface area contributed by atoms with Crippen LogP contribution in [0.25, 0.3) is 0 Å². The molecule has 2 rings (SSSR count). The SMILES string of the molecule is CC(NC(=O)NCCOc1ccccc1F)c1ccccc1. The second kappa shape index (κ2) is 8.02. The smallest absolute Gasteiger partial charge is 0.315 e. The monoisotopic (exact) mass is 302 g/mol. The van der Waals surface area contributed by atoms with Gasteiger partial charge in [0.2, 0.25) is 0 Å². The first-order valence-electron chi connectivity index (χ1n) is 7.13. The van der Waals surface area contributed by atoms with Crippen molar-refractivity contribution in [1.29, 1.82) is 0 Å². The molecule has 0 aliphatic heterocycles. The second-order valence-corrected chi connectivity index (χ2v) is 4.81. The molecule has 1 atom stereocenters. The zero-order valence-electron chi connectivity index (χ0n) is 12.4. The summed E-state index contributed by atoms with van der Waals surface area (Å²) >= 11 is 0. The third-order valence-electron chi connectivity index (χ3n) is 3.13. The molecule has 116 valence electrons. The lowest BCUT2D eigenvalue weighted by Crippen LogP contribution is -2.39. The Hall–Kier alpha value is -2.56. The summed E-state index contributed by atoms with van der Waals surface area (Å²) < 4.78 is 18.6. The molecule has 0 aromatic heterocycles. The van der Waals surface area contributed by atoms with Crippen LogP contribution in [0.4, 0.5) is 9.18 Å². The van der Waals surface area contributed by atoms with Crippen molar-refractivity contribution >= 4 is 6.03 Å². The van der Waals surface area contributed by atoms with Gasteiger partial charge in [0, 0.05) is 0 Å². The molecule has 0 radical (unpaired) electrons. The van der Waals surface area contributed by atoms with Gasteiger partial charge in [-0.15, -0.1) is 0 Å². The molecule has 5 heteroatoms. The fraction of sp³-hybridized carbons (Fsp3) is 0.235. The van der Waals surface area contributed by atoms with Crippen molar-refractivity contribution in [3.63, 3.8) is 0 Å². The largest absolute Gasteiger partial charge is 0.489 e. The highest BCUT2D eigenvalue weighted by atomic mass is 19.1. The zero-order chi connectivity index (χ0) is 15.8. The molecular formula is C17H19FN2O2. The van der Waals surface area contributed by atoms with Crippen LogP contribution in [0.15, 0.2) is 54.6 Å². The first-order valence-corrected chi connectivity index (χ1v) is 7.13. The number of hydrogen-bond donors (Lipinski definition) is 2. The number of benzene rings is 2. The van der Waals surface area contributed by atoms with Crippen molar-refractivity contribution in [2.45, 2.75) is 13.0 Å². The number of carbonyl (C=O) groups is 1. The number of para-hydroxylation sites is 1. The average molecular weight is 302 g/mol. The molecule has 2 aromatic rings. The van der Waals surface area contributed by atoms with Crippen molar-refractivity contribution in [2.75, 3.05) is 13.2 Å². The van der Waals surface area contributed by atoms with Crippen LogP contribution in [0.5, 0.6) is 5.75 Å². The molecule has 0 spiro atoms. The van der Waals surface area contributed by atoms with Crippen LogP contribution < -0.4 is 15.4 Å². The molecule has 2 amide bonds. The zero-order valence-corrected chi connectivity index (χ0v) is 12.4. The predicted octanol–water partition coefficient (Wildman–Crippen LogP) is 3.26. The minimum atomic E-state index is -0.412. The van der Waals surface area contributed by atoms with Gasteiger partial charge in [-0.25, -0.2) is 9.18 Å². The lowest BCUT2D eigenvalue weighted by atomic mass is 10.1. The predicted molar refractivity (Wildman–Crippen MR) is 83.3 cm³/mol. The fourth-order valence-electron chi connectivity index (χ4n) is 1.96. The lowest BCUT2D eigenvalue weighted by Gasteiger charge is -2.15. The van der Waals surface area contributed by atoms with E-state index < -0.39 is 5.82 Å². The van der Waals surface area contributed by atoms with E-state index >= 15 is 0 Å². The number of ether oxygens (including phenoxy) is 1. The number of rotatable bonds is 6. The summed E-state index contributed by atoms with van der Waals surface area (Å²) in [4.78, 5) is 11.8.